The SMILES string of the molecule is CO[N-]c1ncnc2c1n(C/C=C(\C)CC/C=C(\C)CC/C=C(\C)CCC=C(C)C)c[n+]2C(c1ccccc1)c1ccccc1. The van der Waals surface area contributed by atoms with Gasteiger partial charge >= 0.3 is 5.65 Å². The highest BCUT2D eigenvalue weighted by Crippen LogP contribution is 2.29. The van der Waals surface area contributed by atoms with Crippen molar-refractivity contribution in [2.24, 2.45) is 0 Å². The van der Waals surface area contributed by atoms with Crippen molar-refractivity contribution in [3.63, 3.8) is 0 Å². The normalized spacial score (nSPS) is 12.6. The lowest BCUT2D eigenvalue weighted by molar-refractivity contribution is -0.682. The van der Waals surface area contributed by atoms with Crippen molar-refractivity contribution in [2.45, 2.75) is 85.7 Å². The number of hydrogen-bond donors (Lipinski definition) is 0. The lowest BCUT2D eigenvalue weighted by atomic mass is 9.98. The first-order chi connectivity index (χ1) is 21.9. The Labute approximate surface area is 269 Å². The standard InChI is InChI=1S/C39H49N5O/c1-30(2)16-13-17-31(3)18-14-19-32(4)20-15-21-33(5)26-27-43-29-44(39-37(43)38(42-45-6)40-28-41-39)36(34-22-9-7-10-23-34)35-24-11-8-12-25-35/h7-12,16,18,20,22-26,28-29,36H,13-15,17,19,21,27H2,1-6H3/b31-18+,32-20+,33-26+. The smallest absolute Gasteiger partial charge is 0.302 e. The summed E-state index contributed by atoms with van der Waals surface area (Å²) in [6.45, 7) is 11.7. The monoisotopic (exact) mass is 603 g/mol. The number of benzene rings is 2. The molecule has 45 heavy (non-hydrogen) atoms. The average molecular weight is 604 g/mol. The summed E-state index contributed by atoms with van der Waals surface area (Å²) in [6, 6.07) is 21.0. The van der Waals surface area contributed by atoms with Crippen LogP contribution in [0.5, 0.6) is 0 Å². The second kappa shape index (κ2) is 17.3. The number of hydrogen-bond acceptors (Lipinski definition) is 3. The number of nitrogens with zero attached hydrogens (tertiary/aromatic N) is 5. The summed E-state index contributed by atoms with van der Waals surface area (Å²) in [5.74, 6) is 0.520. The van der Waals surface area contributed by atoms with Gasteiger partial charge in [0.15, 0.2) is 11.8 Å². The van der Waals surface area contributed by atoms with Crippen molar-refractivity contribution in [1.82, 2.24) is 14.5 Å². The Bertz CT molecular complexity index is 1590. The predicted octanol–water partition coefficient (Wildman–Crippen LogP) is 10.1. The highest BCUT2D eigenvalue weighted by atomic mass is 16.6. The van der Waals surface area contributed by atoms with Crippen molar-refractivity contribution < 1.29 is 9.40 Å². The molecule has 0 saturated heterocycles. The van der Waals surface area contributed by atoms with E-state index in [0.29, 0.717) is 12.4 Å². The molecule has 0 saturated carbocycles. The highest BCUT2D eigenvalue weighted by Gasteiger charge is 2.26. The fraction of sp³-hybridized carbons (Fsp3) is 0.359. The molecule has 0 radical (unpaired) electrons. The van der Waals surface area contributed by atoms with Crippen molar-refractivity contribution in [3.8, 4) is 0 Å². The van der Waals surface area contributed by atoms with Gasteiger partial charge < -0.3 is 15.3 Å². The number of aromatic nitrogens is 4. The number of fused-ring (bicyclic) bond motifs is 1. The molecule has 0 bridgehead atoms. The maximum Gasteiger partial charge on any atom is 0.302 e. The van der Waals surface area contributed by atoms with Crippen LogP contribution in [0.4, 0.5) is 5.82 Å². The molecule has 4 aromatic rings. The molecule has 0 aliphatic carbocycles. The van der Waals surface area contributed by atoms with Gasteiger partial charge in [0, 0.05) is 12.9 Å². The van der Waals surface area contributed by atoms with Crippen LogP contribution < -0.4 is 4.57 Å². The van der Waals surface area contributed by atoms with E-state index in [-0.39, 0.29) is 6.04 Å². The summed E-state index contributed by atoms with van der Waals surface area (Å²) in [5, 5.41) is 0. The molecule has 6 nitrogen and oxygen atoms in total. The maximum absolute atomic E-state index is 5.18. The molecule has 6 heteroatoms. The summed E-state index contributed by atoms with van der Waals surface area (Å²) in [5.41, 5.74) is 14.0. The molecule has 0 fully saturated rings. The lowest BCUT2D eigenvalue weighted by Gasteiger charge is -2.16. The minimum atomic E-state index is -0.0596. The second-order valence-corrected chi connectivity index (χ2v) is 12.1. The van der Waals surface area contributed by atoms with Gasteiger partial charge in [-0.15, -0.1) is 4.98 Å². The van der Waals surface area contributed by atoms with Gasteiger partial charge in [-0.25, -0.2) is 4.57 Å². The molecule has 0 atom stereocenters. The molecular weight excluding hydrogens is 554 g/mol. The van der Waals surface area contributed by atoms with E-state index in [1.54, 1.807) is 13.4 Å². The number of allylic oxidation sites excluding steroid dienone is 8. The largest absolute Gasteiger partial charge is 0.407 e. The molecule has 2 aromatic carbocycles. The van der Waals surface area contributed by atoms with Crippen LogP contribution in [0.3, 0.4) is 0 Å². The molecule has 0 aliphatic rings. The van der Waals surface area contributed by atoms with Crippen molar-refractivity contribution in [1.29, 1.82) is 0 Å². The third-order valence-corrected chi connectivity index (χ3v) is 8.06. The van der Waals surface area contributed by atoms with Gasteiger partial charge in [0.05, 0.1) is 12.9 Å². The minimum absolute atomic E-state index is 0.0596. The van der Waals surface area contributed by atoms with Crippen molar-refractivity contribution >= 4 is 17.0 Å². The first-order valence-corrected chi connectivity index (χ1v) is 16.1. The van der Waals surface area contributed by atoms with E-state index in [2.05, 4.69) is 133 Å². The highest BCUT2D eigenvalue weighted by molar-refractivity contribution is 5.81. The van der Waals surface area contributed by atoms with E-state index in [1.165, 1.54) is 33.4 Å². The van der Waals surface area contributed by atoms with E-state index in [0.717, 1.165) is 49.7 Å². The predicted molar refractivity (Wildman–Crippen MR) is 186 cm³/mol. The van der Waals surface area contributed by atoms with Crippen LogP contribution in [0.2, 0.25) is 0 Å². The van der Waals surface area contributed by atoms with Crippen LogP contribution in [0.1, 0.15) is 90.3 Å². The van der Waals surface area contributed by atoms with Crippen molar-refractivity contribution in [2.75, 3.05) is 7.11 Å². The molecule has 4 rings (SSSR count). The van der Waals surface area contributed by atoms with Crippen LogP contribution in [0.25, 0.3) is 16.6 Å². The Morgan fingerprint density at radius 3 is 1.82 bits per heavy atom. The van der Waals surface area contributed by atoms with E-state index < -0.39 is 0 Å². The maximum atomic E-state index is 5.18. The van der Waals surface area contributed by atoms with Gasteiger partial charge in [-0.3, -0.25) is 4.57 Å². The third kappa shape index (κ3) is 9.85. The van der Waals surface area contributed by atoms with Crippen LogP contribution in [-0.2, 0) is 11.4 Å². The Balaban J connectivity index is 1.50. The van der Waals surface area contributed by atoms with Gasteiger partial charge in [-0.1, -0.05) is 107 Å². The zero-order valence-electron chi connectivity index (χ0n) is 27.9. The summed E-state index contributed by atoms with van der Waals surface area (Å²) in [7, 11) is 1.55. The molecule has 2 heterocycles. The van der Waals surface area contributed by atoms with E-state index in [1.807, 2.05) is 12.1 Å². The molecule has 0 unspecified atom stereocenters. The summed E-state index contributed by atoms with van der Waals surface area (Å²) in [6.07, 6.45) is 19.7. The Morgan fingerprint density at radius 2 is 1.29 bits per heavy atom. The molecule has 236 valence electrons. The summed E-state index contributed by atoms with van der Waals surface area (Å²) < 4.78 is 4.41. The van der Waals surface area contributed by atoms with Gasteiger partial charge in [0.1, 0.15) is 6.04 Å². The van der Waals surface area contributed by atoms with E-state index >= 15 is 0 Å². The first-order valence-electron chi connectivity index (χ1n) is 16.1. The lowest BCUT2D eigenvalue weighted by Crippen LogP contribution is -2.40. The molecule has 2 aromatic heterocycles. The zero-order valence-corrected chi connectivity index (χ0v) is 27.9. The van der Waals surface area contributed by atoms with Crippen LogP contribution in [0, 0.1) is 0 Å². The quantitative estimate of drug-likeness (QED) is 0.0727. The second-order valence-electron chi connectivity index (χ2n) is 12.1. The van der Waals surface area contributed by atoms with Crippen LogP contribution in [0.15, 0.2) is 120 Å². The Hall–Kier alpha value is -4.29. The van der Waals surface area contributed by atoms with Gasteiger partial charge in [-0.05, 0) is 84.3 Å². The van der Waals surface area contributed by atoms with E-state index in [9.17, 15) is 0 Å². The fourth-order valence-electron chi connectivity index (χ4n) is 5.58. The summed E-state index contributed by atoms with van der Waals surface area (Å²) >= 11 is 0. The first kappa shape index (κ1) is 33.6. The van der Waals surface area contributed by atoms with Crippen molar-refractivity contribution in [3.05, 3.63) is 137 Å². The Morgan fingerprint density at radius 1 is 0.756 bits per heavy atom. The minimum Gasteiger partial charge on any atom is -0.407 e. The fourth-order valence-corrected chi connectivity index (χ4v) is 5.58. The molecule has 0 aliphatic heterocycles. The van der Waals surface area contributed by atoms with Gasteiger partial charge in [0.25, 0.3) is 0 Å². The van der Waals surface area contributed by atoms with Gasteiger partial charge in [-0.2, -0.15) is 0 Å². The van der Waals surface area contributed by atoms with Gasteiger partial charge in [0.2, 0.25) is 0 Å². The molecule has 0 amide bonds. The third-order valence-electron chi connectivity index (χ3n) is 8.06. The topological polar surface area (TPSA) is 57.9 Å². The van der Waals surface area contributed by atoms with Crippen LogP contribution in [-0.4, -0.2) is 21.6 Å². The molecule has 0 N–H and O–H groups in total. The molecular formula is C39H49N5O. The van der Waals surface area contributed by atoms with Crippen LogP contribution >= 0.6 is 0 Å². The Kier molecular flexibility index (Phi) is 12.9. The zero-order chi connectivity index (χ0) is 32.0. The number of imidazole rings is 1. The average Bonchev–Trinajstić information content (AvgIpc) is 3.40. The van der Waals surface area contributed by atoms with E-state index in [4.69, 9.17) is 9.82 Å². The number of rotatable bonds is 16. The molecule has 0 spiro atoms. The summed E-state index contributed by atoms with van der Waals surface area (Å²) in [4.78, 5) is 14.4.